The van der Waals surface area contributed by atoms with Crippen molar-refractivity contribution in [3.05, 3.63) is 60.2 Å². The average molecular weight is 295 g/mol. The Hall–Kier alpha value is -2.66. The molecule has 5 heteroatoms. The van der Waals surface area contributed by atoms with Gasteiger partial charge in [0, 0.05) is 12.6 Å². The molecule has 0 fully saturated rings. The third-order valence-corrected chi connectivity index (χ3v) is 3.83. The van der Waals surface area contributed by atoms with Gasteiger partial charge >= 0.3 is 0 Å². The van der Waals surface area contributed by atoms with Crippen LogP contribution < -0.4 is 15.5 Å². The molecule has 1 heterocycles. The lowest BCUT2D eigenvalue weighted by Crippen LogP contribution is -2.47. The van der Waals surface area contributed by atoms with Crippen molar-refractivity contribution in [3.8, 4) is 0 Å². The summed E-state index contributed by atoms with van der Waals surface area (Å²) < 4.78 is 0. The second-order valence-corrected chi connectivity index (χ2v) is 5.27. The monoisotopic (exact) mass is 295 g/mol. The quantitative estimate of drug-likeness (QED) is 0.869. The SMILES string of the molecule is CN1C(=O)[C@@H](N)CN(C(=O)c2ccccc2)c2ccccc21. The molecule has 2 aromatic rings. The summed E-state index contributed by atoms with van der Waals surface area (Å²) in [6, 6.07) is 15.6. The van der Waals surface area contributed by atoms with E-state index >= 15 is 0 Å². The minimum absolute atomic E-state index is 0.161. The van der Waals surface area contributed by atoms with Crippen LogP contribution in [0, 0.1) is 0 Å². The molecule has 3 rings (SSSR count). The van der Waals surface area contributed by atoms with Gasteiger partial charge in [-0.3, -0.25) is 9.59 Å². The fourth-order valence-corrected chi connectivity index (χ4v) is 2.65. The number of fused-ring (bicyclic) bond motifs is 1. The molecule has 0 aliphatic carbocycles. The number of para-hydroxylation sites is 2. The summed E-state index contributed by atoms with van der Waals surface area (Å²) in [6.07, 6.45) is 0. The Morgan fingerprint density at radius 1 is 1.05 bits per heavy atom. The van der Waals surface area contributed by atoms with Crippen LogP contribution in [0.1, 0.15) is 10.4 Å². The highest BCUT2D eigenvalue weighted by Crippen LogP contribution is 2.32. The van der Waals surface area contributed by atoms with Crippen molar-refractivity contribution in [2.45, 2.75) is 6.04 Å². The third kappa shape index (κ3) is 2.35. The van der Waals surface area contributed by atoms with Gasteiger partial charge in [0.1, 0.15) is 6.04 Å². The van der Waals surface area contributed by atoms with E-state index in [4.69, 9.17) is 5.73 Å². The maximum Gasteiger partial charge on any atom is 0.258 e. The molecule has 0 unspecified atom stereocenters. The number of anilines is 2. The number of hydrogen-bond acceptors (Lipinski definition) is 3. The van der Waals surface area contributed by atoms with Gasteiger partial charge in [-0.25, -0.2) is 0 Å². The predicted molar refractivity (Wildman–Crippen MR) is 85.9 cm³/mol. The lowest BCUT2D eigenvalue weighted by molar-refractivity contribution is -0.119. The maximum atomic E-state index is 12.8. The van der Waals surface area contributed by atoms with Crippen LogP contribution in [-0.4, -0.2) is 31.4 Å². The number of nitrogens with two attached hydrogens (primary N) is 1. The molecular weight excluding hydrogens is 278 g/mol. The first-order valence-corrected chi connectivity index (χ1v) is 7.08. The Bertz CT molecular complexity index is 715. The molecule has 2 aromatic carbocycles. The van der Waals surface area contributed by atoms with Crippen LogP contribution in [0.15, 0.2) is 54.6 Å². The van der Waals surface area contributed by atoms with Crippen molar-refractivity contribution in [1.82, 2.24) is 0 Å². The Morgan fingerprint density at radius 3 is 2.32 bits per heavy atom. The number of rotatable bonds is 1. The van der Waals surface area contributed by atoms with E-state index in [1.165, 1.54) is 4.90 Å². The second kappa shape index (κ2) is 5.61. The van der Waals surface area contributed by atoms with Crippen LogP contribution in [0.25, 0.3) is 0 Å². The molecule has 112 valence electrons. The van der Waals surface area contributed by atoms with E-state index in [1.807, 2.05) is 42.5 Å². The number of hydrogen-bond donors (Lipinski definition) is 1. The first kappa shape index (κ1) is 14.3. The highest BCUT2D eigenvalue weighted by atomic mass is 16.2. The van der Waals surface area contributed by atoms with Crippen LogP contribution in [-0.2, 0) is 4.79 Å². The van der Waals surface area contributed by atoms with Crippen LogP contribution in [0.4, 0.5) is 11.4 Å². The smallest absolute Gasteiger partial charge is 0.258 e. The molecule has 0 saturated carbocycles. The first-order chi connectivity index (χ1) is 10.6. The fourth-order valence-electron chi connectivity index (χ4n) is 2.65. The standard InChI is InChI=1S/C17H17N3O2/c1-19-14-9-5-6-10-15(14)20(11-13(18)17(19)22)16(21)12-7-3-2-4-8-12/h2-10,13H,11,18H2,1H3/t13-/m0/s1. The summed E-state index contributed by atoms with van der Waals surface area (Å²) >= 11 is 0. The summed E-state index contributed by atoms with van der Waals surface area (Å²) in [4.78, 5) is 28.2. The minimum Gasteiger partial charge on any atom is -0.318 e. The lowest BCUT2D eigenvalue weighted by atomic mass is 10.1. The molecule has 1 aliphatic rings. The van der Waals surface area contributed by atoms with E-state index in [-0.39, 0.29) is 18.4 Å². The Kier molecular flexibility index (Phi) is 3.65. The van der Waals surface area contributed by atoms with Crippen molar-refractivity contribution < 1.29 is 9.59 Å². The van der Waals surface area contributed by atoms with Crippen molar-refractivity contribution in [1.29, 1.82) is 0 Å². The minimum atomic E-state index is -0.745. The first-order valence-electron chi connectivity index (χ1n) is 7.08. The largest absolute Gasteiger partial charge is 0.318 e. The molecule has 22 heavy (non-hydrogen) atoms. The molecular formula is C17H17N3O2. The van der Waals surface area contributed by atoms with Crippen molar-refractivity contribution in [2.24, 2.45) is 5.73 Å². The summed E-state index contributed by atoms with van der Waals surface area (Å²) in [5.41, 5.74) is 7.92. The zero-order valence-electron chi connectivity index (χ0n) is 12.3. The second-order valence-electron chi connectivity index (χ2n) is 5.27. The Balaban J connectivity index is 2.09. The molecule has 0 saturated heterocycles. The van der Waals surface area contributed by atoms with Crippen molar-refractivity contribution >= 4 is 23.2 Å². The number of carbonyl (C=O) groups is 2. The topological polar surface area (TPSA) is 66.6 Å². The number of amides is 2. The van der Waals surface area contributed by atoms with Crippen molar-refractivity contribution in [3.63, 3.8) is 0 Å². The number of benzene rings is 2. The van der Waals surface area contributed by atoms with Gasteiger partial charge in [-0.05, 0) is 24.3 Å². The zero-order chi connectivity index (χ0) is 15.7. The Labute approximate surface area is 128 Å². The van der Waals surface area contributed by atoms with E-state index < -0.39 is 6.04 Å². The third-order valence-electron chi connectivity index (χ3n) is 3.83. The van der Waals surface area contributed by atoms with Crippen LogP contribution in [0.5, 0.6) is 0 Å². The van der Waals surface area contributed by atoms with Crippen LogP contribution in [0.2, 0.25) is 0 Å². The van der Waals surface area contributed by atoms with Gasteiger partial charge in [0.2, 0.25) is 5.91 Å². The molecule has 0 bridgehead atoms. The van der Waals surface area contributed by atoms with Gasteiger partial charge in [0.15, 0.2) is 0 Å². The van der Waals surface area contributed by atoms with Gasteiger partial charge in [-0.2, -0.15) is 0 Å². The van der Waals surface area contributed by atoms with Gasteiger partial charge in [-0.1, -0.05) is 30.3 Å². The van der Waals surface area contributed by atoms with Crippen LogP contribution >= 0.6 is 0 Å². The van der Waals surface area contributed by atoms with E-state index in [2.05, 4.69) is 0 Å². The van der Waals surface area contributed by atoms with Gasteiger partial charge < -0.3 is 15.5 Å². The Morgan fingerprint density at radius 2 is 1.64 bits per heavy atom. The lowest BCUT2D eigenvalue weighted by Gasteiger charge is -2.24. The number of carbonyl (C=O) groups excluding carboxylic acids is 2. The molecule has 1 atom stereocenters. The summed E-state index contributed by atoms with van der Waals surface area (Å²) in [6.45, 7) is 0.161. The predicted octanol–water partition coefficient (Wildman–Crippen LogP) is 1.64. The highest BCUT2D eigenvalue weighted by molar-refractivity contribution is 6.12. The fraction of sp³-hybridized carbons (Fsp3) is 0.176. The summed E-state index contributed by atoms with van der Waals surface area (Å²) in [7, 11) is 1.68. The normalized spacial score (nSPS) is 17.9. The average Bonchev–Trinajstić information content (AvgIpc) is 2.66. The number of nitrogens with zero attached hydrogens (tertiary/aromatic N) is 2. The van der Waals surface area contributed by atoms with E-state index in [9.17, 15) is 9.59 Å². The van der Waals surface area contributed by atoms with Gasteiger partial charge in [0.25, 0.3) is 5.91 Å². The molecule has 0 radical (unpaired) electrons. The number of likely N-dealkylation sites (N-methyl/N-ethyl adjacent to an activating group) is 1. The maximum absolute atomic E-state index is 12.8. The molecule has 0 spiro atoms. The van der Waals surface area contributed by atoms with E-state index in [0.717, 1.165) is 0 Å². The van der Waals surface area contributed by atoms with E-state index in [1.54, 1.807) is 24.1 Å². The van der Waals surface area contributed by atoms with Crippen LogP contribution in [0.3, 0.4) is 0 Å². The molecule has 1 aliphatic heterocycles. The summed E-state index contributed by atoms with van der Waals surface area (Å²) in [5, 5.41) is 0. The zero-order valence-corrected chi connectivity index (χ0v) is 12.3. The summed E-state index contributed by atoms with van der Waals surface area (Å²) in [5.74, 6) is -0.359. The van der Waals surface area contributed by atoms with Gasteiger partial charge in [0.05, 0.1) is 17.9 Å². The molecule has 5 nitrogen and oxygen atoms in total. The molecule has 2 N–H and O–H groups in total. The van der Waals surface area contributed by atoms with Gasteiger partial charge in [-0.15, -0.1) is 0 Å². The molecule has 0 aromatic heterocycles. The molecule has 2 amide bonds. The highest BCUT2D eigenvalue weighted by Gasteiger charge is 2.32. The van der Waals surface area contributed by atoms with E-state index in [0.29, 0.717) is 16.9 Å². The van der Waals surface area contributed by atoms with Crippen molar-refractivity contribution in [2.75, 3.05) is 23.4 Å².